The van der Waals surface area contributed by atoms with E-state index >= 15 is 0 Å². The lowest BCUT2D eigenvalue weighted by Gasteiger charge is -2.04. The van der Waals surface area contributed by atoms with Crippen molar-refractivity contribution in [2.45, 2.75) is 0 Å². The number of halogens is 1. The fourth-order valence-electron chi connectivity index (χ4n) is 2.46. The predicted octanol–water partition coefficient (Wildman–Crippen LogP) is 3.25. The molecule has 23 heavy (non-hydrogen) atoms. The molecule has 0 unspecified atom stereocenters. The van der Waals surface area contributed by atoms with Crippen molar-refractivity contribution < 1.29 is 9.13 Å². The van der Waals surface area contributed by atoms with E-state index < -0.39 is 6.67 Å². The molecule has 1 aromatic carbocycles. The lowest BCUT2D eigenvalue weighted by atomic mass is 10.1. The molecule has 4 aromatic rings. The van der Waals surface area contributed by atoms with E-state index in [1.165, 1.54) is 17.4 Å². The molecule has 0 saturated carbocycles. The molecule has 0 saturated heterocycles. The van der Waals surface area contributed by atoms with Gasteiger partial charge in [-0.2, -0.15) is 0 Å². The molecule has 0 aliphatic carbocycles. The summed E-state index contributed by atoms with van der Waals surface area (Å²) >= 11 is 1.42. The SMILES string of the molecule is O=c1ccc2c([nH]1)sc1nc(-c3cccc(OCCF)c3)cn12. The van der Waals surface area contributed by atoms with Crippen molar-refractivity contribution in [3.63, 3.8) is 0 Å². The number of thiazole rings is 1. The summed E-state index contributed by atoms with van der Waals surface area (Å²) in [6.07, 6.45) is 1.92. The molecule has 3 aromatic heterocycles. The van der Waals surface area contributed by atoms with Gasteiger partial charge in [-0.25, -0.2) is 9.37 Å². The van der Waals surface area contributed by atoms with E-state index in [0.29, 0.717) is 5.75 Å². The van der Waals surface area contributed by atoms with E-state index in [-0.39, 0.29) is 12.2 Å². The third-order valence-corrected chi connectivity index (χ3v) is 4.45. The molecular formula is C16H12FN3O2S. The first kappa shape index (κ1) is 14.0. The second-order valence-corrected chi connectivity index (χ2v) is 5.96. The summed E-state index contributed by atoms with van der Waals surface area (Å²) in [4.78, 5) is 20.4. The fourth-order valence-corrected chi connectivity index (χ4v) is 3.45. The van der Waals surface area contributed by atoms with Gasteiger partial charge in [0.15, 0.2) is 4.96 Å². The zero-order chi connectivity index (χ0) is 15.8. The van der Waals surface area contributed by atoms with Crippen LogP contribution in [0.2, 0.25) is 0 Å². The van der Waals surface area contributed by atoms with Gasteiger partial charge in [-0.05, 0) is 18.2 Å². The molecule has 116 valence electrons. The van der Waals surface area contributed by atoms with Gasteiger partial charge in [0.2, 0.25) is 5.56 Å². The number of benzene rings is 1. The third kappa shape index (κ3) is 2.49. The Morgan fingerprint density at radius 1 is 1.30 bits per heavy atom. The van der Waals surface area contributed by atoms with Crippen molar-refractivity contribution in [3.05, 3.63) is 52.9 Å². The van der Waals surface area contributed by atoms with Crippen molar-refractivity contribution in [1.82, 2.24) is 14.4 Å². The van der Waals surface area contributed by atoms with Gasteiger partial charge >= 0.3 is 0 Å². The minimum atomic E-state index is -0.519. The maximum Gasteiger partial charge on any atom is 0.249 e. The number of imidazole rings is 1. The number of ether oxygens (including phenoxy) is 1. The van der Waals surface area contributed by atoms with Crippen LogP contribution in [0.4, 0.5) is 4.39 Å². The normalized spacial score (nSPS) is 11.3. The highest BCUT2D eigenvalue weighted by molar-refractivity contribution is 7.23. The van der Waals surface area contributed by atoms with Gasteiger partial charge in [0.1, 0.15) is 23.9 Å². The quantitative estimate of drug-likeness (QED) is 0.625. The van der Waals surface area contributed by atoms with Crippen LogP contribution in [0.25, 0.3) is 26.6 Å². The van der Waals surface area contributed by atoms with Gasteiger partial charge in [0.25, 0.3) is 0 Å². The van der Waals surface area contributed by atoms with Crippen LogP contribution in [0.1, 0.15) is 0 Å². The molecule has 0 aliphatic rings. The summed E-state index contributed by atoms with van der Waals surface area (Å²) in [6.45, 7) is -0.478. The Hall–Kier alpha value is -2.67. The van der Waals surface area contributed by atoms with Crippen LogP contribution in [0.3, 0.4) is 0 Å². The summed E-state index contributed by atoms with van der Waals surface area (Å²) in [5, 5.41) is 0. The zero-order valence-corrected chi connectivity index (χ0v) is 12.8. The zero-order valence-electron chi connectivity index (χ0n) is 12.0. The number of nitrogens with zero attached hydrogens (tertiary/aromatic N) is 2. The fraction of sp³-hybridized carbons (Fsp3) is 0.125. The van der Waals surface area contributed by atoms with Gasteiger partial charge in [0.05, 0.1) is 11.2 Å². The van der Waals surface area contributed by atoms with E-state index in [4.69, 9.17) is 4.74 Å². The van der Waals surface area contributed by atoms with E-state index in [1.54, 1.807) is 12.1 Å². The average Bonchev–Trinajstić information content (AvgIpc) is 3.10. The van der Waals surface area contributed by atoms with Crippen LogP contribution in [-0.4, -0.2) is 27.7 Å². The maximum atomic E-state index is 12.2. The van der Waals surface area contributed by atoms with Crippen LogP contribution >= 0.6 is 11.3 Å². The second kappa shape index (κ2) is 5.51. The lowest BCUT2D eigenvalue weighted by molar-refractivity contribution is 0.273. The summed E-state index contributed by atoms with van der Waals surface area (Å²) in [6, 6.07) is 10.7. The number of aromatic amines is 1. The van der Waals surface area contributed by atoms with E-state index in [1.807, 2.05) is 28.8 Å². The summed E-state index contributed by atoms with van der Waals surface area (Å²) in [5.74, 6) is 0.616. The highest BCUT2D eigenvalue weighted by Crippen LogP contribution is 2.29. The highest BCUT2D eigenvalue weighted by atomic mass is 32.1. The molecule has 1 N–H and O–H groups in total. The third-order valence-electron chi connectivity index (χ3n) is 3.46. The van der Waals surface area contributed by atoms with Crippen molar-refractivity contribution >= 4 is 26.6 Å². The number of alkyl halides is 1. The minimum Gasteiger partial charge on any atom is -0.491 e. The molecule has 7 heteroatoms. The van der Waals surface area contributed by atoms with E-state index in [2.05, 4.69) is 9.97 Å². The number of rotatable bonds is 4. The Bertz CT molecular complexity index is 1050. The first-order valence-corrected chi connectivity index (χ1v) is 7.86. The molecular weight excluding hydrogens is 317 g/mol. The molecule has 0 atom stereocenters. The molecule has 3 heterocycles. The number of aromatic nitrogens is 3. The van der Waals surface area contributed by atoms with Gasteiger partial charge < -0.3 is 9.72 Å². The molecule has 0 radical (unpaired) electrons. The maximum absolute atomic E-state index is 12.2. The number of hydrogen-bond acceptors (Lipinski definition) is 4. The molecule has 0 amide bonds. The van der Waals surface area contributed by atoms with Crippen LogP contribution in [0, 0.1) is 0 Å². The first-order chi connectivity index (χ1) is 11.2. The Morgan fingerprint density at radius 3 is 3.09 bits per heavy atom. The summed E-state index contributed by atoms with van der Waals surface area (Å²) < 4.78 is 19.5. The van der Waals surface area contributed by atoms with Crippen molar-refractivity contribution in [1.29, 1.82) is 0 Å². The largest absolute Gasteiger partial charge is 0.491 e. The number of H-pyrrole nitrogens is 1. The monoisotopic (exact) mass is 329 g/mol. The molecule has 0 aliphatic heterocycles. The van der Waals surface area contributed by atoms with Crippen LogP contribution < -0.4 is 10.3 Å². The minimum absolute atomic E-state index is 0.0414. The summed E-state index contributed by atoms with van der Waals surface area (Å²) in [7, 11) is 0. The number of pyridine rings is 1. The Labute approximate surface area is 134 Å². The standard InChI is InChI=1S/C16H12FN3O2S/c17-6-7-22-11-3-1-2-10(8-11)12-9-20-13-4-5-14(21)19-15(13)23-16(20)18-12/h1-5,8-9H,6-7H2,(H,19,21). The Morgan fingerprint density at radius 2 is 2.22 bits per heavy atom. The Balaban J connectivity index is 1.78. The first-order valence-electron chi connectivity index (χ1n) is 7.05. The number of hydrogen-bond donors (Lipinski definition) is 1. The Kier molecular flexibility index (Phi) is 3.34. The van der Waals surface area contributed by atoms with Crippen molar-refractivity contribution in [3.8, 4) is 17.0 Å². The predicted molar refractivity (Wildman–Crippen MR) is 88.1 cm³/mol. The van der Waals surface area contributed by atoms with Crippen molar-refractivity contribution in [2.75, 3.05) is 13.3 Å². The number of fused-ring (bicyclic) bond motifs is 3. The molecule has 0 bridgehead atoms. The molecule has 0 fully saturated rings. The van der Waals surface area contributed by atoms with Crippen molar-refractivity contribution in [2.24, 2.45) is 0 Å². The molecule has 4 rings (SSSR count). The smallest absolute Gasteiger partial charge is 0.249 e. The molecule has 5 nitrogen and oxygen atoms in total. The van der Waals surface area contributed by atoms with E-state index in [9.17, 15) is 9.18 Å². The van der Waals surface area contributed by atoms with Crippen LogP contribution in [0.15, 0.2) is 47.4 Å². The van der Waals surface area contributed by atoms with E-state index in [0.717, 1.165) is 26.6 Å². The summed E-state index contributed by atoms with van der Waals surface area (Å²) in [5.41, 5.74) is 2.48. The average molecular weight is 329 g/mol. The van der Waals surface area contributed by atoms with Gasteiger partial charge in [-0.1, -0.05) is 23.5 Å². The topological polar surface area (TPSA) is 59.4 Å². The van der Waals surface area contributed by atoms with Gasteiger partial charge in [-0.3, -0.25) is 9.20 Å². The second-order valence-electron chi connectivity index (χ2n) is 4.98. The number of nitrogens with one attached hydrogen (secondary N) is 1. The van der Waals surface area contributed by atoms with Crippen LogP contribution in [0.5, 0.6) is 5.75 Å². The lowest BCUT2D eigenvalue weighted by Crippen LogP contribution is -2.01. The highest BCUT2D eigenvalue weighted by Gasteiger charge is 2.11. The van der Waals surface area contributed by atoms with Gasteiger partial charge in [0, 0.05) is 17.8 Å². The molecule has 0 spiro atoms. The van der Waals surface area contributed by atoms with Crippen LogP contribution in [-0.2, 0) is 0 Å². The van der Waals surface area contributed by atoms with Gasteiger partial charge in [-0.15, -0.1) is 0 Å².